The van der Waals surface area contributed by atoms with Crippen LogP contribution in [0.5, 0.6) is 0 Å². The van der Waals surface area contributed by atoms with Crippen LogP contribution in [0, 0.1) is 17.8 Å². The zero-order valence-corrected chi connectivity index (χ0v) is 15.4. The molecule has 0 aromatic rings. The number of ether oxygens (including phenoxy) is 1. The molecule has 2 aliphatic rings. The van der Waals surface area contributed by atoms with Crippen molar-refractivity contribution in [2.75, 3.05) is 20.1 Å². The molecule has 0 aliphatic carbocycles. The molecule has 0 amide bonds. The zero-order chi connectivity index (χ0) is 16.0. The van der Waals surface area contributed by atoms with Crippen LogP contribution in [0.1, 0.15) is 54.9 Å². The summed E-state index contributed by atoms with van der Waals surface area (Å²) in [6.07, 6.45) is 1.36. The summed E-state index contributed by atoms with van der Waals surface area (Å²) in [5.41, 5.74) is -0.167. The minimum atomic E-state index is -0.0980. The highest BCUT2D eigenvalue weighted by atomic mass is 16.5. The lowest BCUT2D eigenvalue weighted by Crippen LogP contribution is -2.54. The van der Waals surface area contributed by atoms with E-state index in [1.54, 1.807) is 0 Å². The number of hydrogen-bond donors (Lipinski definition) is 1. The zero-order valence-electron chi connectivity index (χ0n) is 15.4. The van der Waals surface area contributed by atoms with E-state index in [0.717, 1.165) is 18.4 Å². The third-order valence-electron chi connectivity index (χ3n) is 6.03. The molecule has 0 radical (unpaired) electrons. The van der Waals surface area contributed by atoms with Crippen molar-refractivity contribution in [3.05, 3.63) is 0 Å². The van der Waals surface area contributed by atoms with Gasteiger partial charge in [-0.25, -0.2) is 0 Å². The number of rotatable bonds is 3. The van der Waals surface area contributed by atoms with Gasteiger partial charge in [-0.05, 0) is 59.9 Å². The van der Waals surface area contributed by atoms with Crippen molar-refractivity contribution >= 4 is 0 Å². The van der Waals surface area contributed by atoms with Crippen molar-refractivity contribution in [1.82, 2.24) is 10.2 Å². The largest absolute Gasteiger partial charge is 0.368 e. The highest BCUT2D eigenvalue weighted by Crippen LogP contribution is 2.43. The van der Waals surface area contributed by atoms with Crippen LogP contribution < -0.4 is 5.32 Å². The van der Waals surface area contributed by atoms with Gasteiger partial charge >= 0.3 is 0 Å². The van der Waals surface area contributed by atoms with Crippen LogP contribution in [-0.2, 0) is 4.74 Å². The van der Waals surface area contributed by atoms with Gasteiger partial charge in [-0.1, -0.05) is 13.8 Å². The standard InChI is InChI=1S/C18H36N2O/c1-12-9-13(2)14(3)20(10-12)11-15-16(19-8)18(6,7)21-17(15,4)5/h12-16,19H,9-11H2,1-8H3. The number of likely N-dealkylation sites (tertiary alicyclic amines) is 1. The van der Waals surface area contributed by atoms with Crippen LogP contribution in [0.3, 0.4) is 0 Å². The molecule has 0 bridgehead atoms. The summed E-state index contributed by atoms with van der Waals surface area (Å²) in [4.78, 5) is 2.71. The minimum Gasteiger partial charge on any atom is -0.368 e. The Bertz CT molecular complexity index is 366. The number of piperidine rings is 1. The third-order valence-corrected chi connectivity index (χ3v) is 6.03. The van der Waals surface area contributed by atoms with Gasteiger partial charge in [-0.3, -0.25) is 4.90 Å². The lowest BCUT2D eigenvalue weighted by Gasteiger charge is -2.44. The van der Waals surface area contributed by atoms with Gasteiger partial charge in [-0.2, -0.15) is 0 Å². The maximum atomic E-state index is 6.39. The van der Waals surface area contributed by atoms with Crippen molar-refractivity contribution in [1.29, 1.82) is 0 Å². The van der Waals surface area contributed by atoms with Gasteiger partial charge in [0.05, 0.1) is 11.2 Å². The van der Waals surface area contributed by atoms with E-state index in [1.165, 1.54) is 13.0 Å². The predicted octanol–water partition coefficient (Wildman–Crippen LogP) is 3.14. The number of likely N-dealkylation sites (N-methyl/N-ethyl adjacent to an activating group) is 1. The molecule has 124 valence electrons. The van der Waals surface area contributed by atoms with Crippen LogP contribution in [0.4, 0.5) is 0 Å². The van der Waals surface area contributed by atoms with E-state index in [0.29, 0.717) is 18.0 Å². The molecule has 0 aromatic carbocycles. The fourth-order valence-electron chi connectivity index (χ4n) is 4.90. The van der Waals surface area contributed by atoms with E-state index in [2.05, 4.69) is 65.7 Å². The molecule has 2 saturated heterocycles. The Hall–Kier alpha value is -0.120. The van der Waals surface area contributed by atoms with Crippen molar-refractivity contribution < 1.29 is 4.74 Å². The SMILES string of the molecule is CNC1C(CN2CC(C)CC(C)C2C)C(C)(C)OC1(C)C. The average Bonchev–Trinajstić information content (AvgIpc) is 2.50. The Labute approximate surface area is 131 Å². The molecule has 2 fully saturated rings. The van der Waals surface area contributed by atoms with Gasteiger partial charge in [0.2, 0.25) is 0 Å². The number of nitrogens with one attached hydrogen (secondary N) is 1. The van der Waals surface area contributed by atoms with Crippen LogP contribution >= 0.6 is 0 Å². The van der Waals surface area contributed by atoms with E-state index < -0.39 is 0 Å². The van der Waals surface area contributed by atoms with Crippen LogP contribution in [-0.4, -0.2) is 48.3 Å². The summed E-state index contributed by atoms with van der Waals surface area (Å²) < 4.78 is 6.39. The van der Waals surface area contributed by atoms with Crippen molar-refractivity contribution in [3.63, 3.8) is 0 Å². The second-order valence-electron chi connectivity index (χ2n) is 8.69. The maximum Gasteiger partial charge on any atom is 0.0790 e. The molecule has 1 N–H and O–H groups in total. The molecule has 2 heterocycles. The maximum absolute atomic E-state index is 6.39. The fraction of sp³-hybridized carbons (Fsp3) is 1.00. The lowest BCUT2D eigenvalue weighted by atomic mass is 9.80. The highest BCUT2D eigenvalue weighted by Gasteiger charge is 2.53. The quantitative estimate of drug-likeness (QED) is 0.866. The third kappa shape index (κ3) is 3.30. The summed E-state index contributed by atoms with van der Waals surface area (Å²) >= 11 is 0. The Balaban J connectivity index is 2.16. The van der Waals surface area contributed by atoms with Gasteiger partial charge in [0.25, 0.3) is 0 Å². The first-order valence-electron chi connectivity index (χ1n) is 8.70. The summed E-state index contributed by atoms with van der Waals surface area (Å²) in [6.45, 7) is 18.5. The smallest absolute Gasteiger partial charge is 0.0790 e. The van der Waals surface area contributed by atoms with E-state index in [1.807, 2.05) is 0 Å². The van der Waals surface area contributed by atoms with E-state index in [4.69, 9.17) is 4.74 Å². The second kappa shape index (κ2) is 5.82. The first-order valence-corrected chi connectivity index (χ1v) is 8.70. The van der Waals surface area contributed by atoms with Gasteiger partial charge < -0.3 is 10.1 Å². The Morgan fingerprint density at radius 2 is 1.71 bits per heavy atom. The van der Waals surface area contributed by atoms with Crippen molar-refractivity contribution in [2.24, 2.45) is 17.8 Å². The van der Waals surface area contributed by atoms with Gasteiger partial charge in [-0.15, -0.1) is 0 Å². The molecular weight excluding hydrogens is 260 g/mol. The molecular formula is C18H36N2O. The highest BCUT2D eigenvalue weighted by molar-refractivity contribution is 5.06. The molecule has 3 nitrogen and oxygen atoms in total. The summed E-state index contributed by atoms with van der Waals surface area (Å²) in [5, 5.41) is 3.54. The van der Waals surface area contributed by atoms with Crippen molar-refractivity contribution in [2.45, 2.75) is 78.2 Å². The van der Waals surface area contributed by atoms with E-state index in [-0.39, 0.29) is 11.2 Å². The van der Waals surface area contributed by atoms with Gasteiger partial charge in [0.15, 0.2) is 0 Å². The predicted molar refractivity (Wildman–Crippen MR) is 89.6 cm³/mol. The fourth-order valence-corrected chi connectivity index (χ4v) is 4.90. The van der Waals surface area contributed by atoms with Gasteiger partial charge in [0.1, 0.15) is 0 Å². The molecule has 5 unspecified atom stereocenters. The Kier molecular flexibility index (Phi) is 4.78. The van der Waals surface area contributed by atoms with E-state index in [9.17, 15) is 0 Å². The van der Waals surface area contributed by atoms with Crippen LogP contribution in [0.25, 0.3) is 0 Å². The molecule has 0 saturated carbocycles. The Morgan fingerprint density at radius 3 is 2.29 bits per heavy atom. The molecule has 3 heteroatoms. The van der Waals surface area contributed by atoms with Crippen LogP contribution in [0.15, 0.2) is 0 Å². The van der Waals surface area contributed by atoms with E-state index >= 15 is 0 Å². The second-order valence-corrected chi connectivity index (χ2v) is 8.69. The Morgan fingerprint density at radius 1 is 1.10 bits per heavy atom. The molecule has 21 heavy (non-hydrogen) atoms. The topological polar surface area (TPSA) is 24.5 Å². The number of nitrogens with zero attached hydrogens (tertiary/aromatic N) is 1. The summed E-state index contributed by atoms with van der Waals surface area (Å²) in [5.74, 6) is 2.13. The summed E-state index contributed by atoms with van der Waals surface area (Å²) in [7, 11) is 2.08. The lowest BCUT2D eigenvalue weighted by molar-refractivity contribution is -0.0816. The normalized spacial score (nSPS) is 43.1. The number of hydrogen-bond acceptors (Lipinski definition) is 3. The molecule has 0 aromatic heterocycles. The monoisotopic (exact) mass is 296 g/mol. The first-order chi connectivity index (χ1) is 9.58. The minimum absolute atomic E-state index is 0.0686. The van der Waals surface area contributed by atoms with Crippen molar-refractivity contribution in [3.8, 4) is 0 Å². The summed E-state index contributed by atoms with van der Waals surface area (Å²) in [6, 6.07) is 1.09. The first kappa shape index (κ1) is 17.2. The average molecular weight is 296 g/mol. The molecule has 2 rings (SSSR count). The molecule has 5 atom stereocenters. The molecule has 0 spiro atoms. The molecule has 2 aliphatic heterocycles. The van der Waals surface area contributed by atoms with Gasteiger partial charge in [0, 0.05) is 31.1 Å². The van der Waals surface area contributed by atoms with Crippen LogP contribution in [0.2, 0.25) is 0 Å².